The molecule has 0 heterocycles. The molecule has 0 aromatic rings. The van der Waals surface area contributed by atoms with Gasteiger partial charge in [0.1, 0.15) is 0 Å². The van der Waals surface area contributed by atoms with Gasteiger partial charge in [0.15, 0.2) is 0 Å². The molecule has 1 saturated carbocycles. The summed E-state index contributed by atoms with van der Waals surface area (Å²) in [6.07, 6.45) is 4.51. The standard InChI is InChI=1S/C12H24O4/c1-14-6-7-15-8-9-16-10-12(13)11-4-2-3-5-11/h11-13H,2-10H2,1H3. The Morgan fingerprint density at radius 3 is 2.38 bits per heavy atom. The molecule has 0 amide bonds. The topological polar surface area (TPSA) is 47.9 Å². The number of hydrogen-bond acceptors (Lipinski definition) is 4. The van der Waals surface area contributed by atoms with Crippen LogP contribution in [0.3, 0.4) is 0 Å². The molecule has 96 valence electrons. The Balaban J connectivity index is 1.86. The van der Waals surface area contributed by atoms with E-state index in [0.29, 0.717) is 39.0 Å². The van der Waals surface area contributed by atoms with Crippen LogP contribution in [0.15, 0.2) is 0 Å². The number of methoxy groups -OCH3 is 1. The van der Waals surface area contributed by atoms with Gasteiger partial charge in [0.05, 0.1) is 39.1 Å². The fourth-order valence-electron chi connectivity index (χ4n) is 2.04. The molecule has 4 nitrogen and oxygen atoms in total. The molecule has 0 aliphatic heterocycles. The third kappa shape index (κ3) is 5.80. The lowest BCUT2D eigenvalue weighted by atomic mass is 10.0. The molecule has 1 aliphatic carbocycles. The highest BCUT2D eigenvalue weighted by molar-refractivity contribution is 4.74. The molecule has 1 aliphatic rings. The van der Waals surface area contributed by atoms with Crippen molar-refractivity contribution in [2.45, 2.75) is 31.8 Å². The number of aliphatic hydroxyl groups excluding tert-OH is 1. The molecule has 0 aromatic heterocycles. The lowest BCUT2D eigenvalue weighted by Gasteiger charge is -2.17. The van der Waals surface area contributed by atoms with Crippen LogP contribution in [0.2, 0.25) is 0 Å². The first-order valence-corrected chi connectivity index (χ1v) is 6.17. The van der Waals surface area contributed by atoms with Crippen LogP contribution in [0, 0.1) is 5.92 Å². The van der Waals surface area contributed by atoms with Gasteiger partial charge in [-0.05, 0) is 18.8 Å². The van der Waals surface area contributed by atoms with Crippen LogP contribution in [0.25, 0.3) is 0 Å². The Morgan fingerprint density at radius 2 is 1.69 bits per heavy atom. The predicted octanol–water partition coefficient (Wildman–Crippen LogP) is 1.22. The van der Waals surface area contributed by atoms with E-state index < -0.39 is 0 Å². The molecular weight excluding hydrogens is 208 g/mol. The fraction of sp³-hybridized carbons (Fsp3) is 1.00. The second-order valence-electron chi connectivity index (χ2n) is 4.29. The molecule has 0 saturated heterocycles. The first kappa shape index (κ1) is 13.9. The molecule has 1 atom stereocenters. The van der Waals surface area contributed by atoms with E-state index in [0.717, 1.165) is 12.8 Å². The molecule has 1 unspecified atom stereocenters. The highest BCUT2D eigenvalue weighted by Crippen LogP contribution is 2.27. The minimum absolute atomic E-state index is 0.290. The van der Waals surface area contributed by atoms with Gasteiger partial charge in [-0.1, -0.05) is 12.8 Å². The maximum Gasteiger partial charge on any atom is 0.0801 e. The van der Waals surface area contributed by atoms with Gasteiger partial charge in [0.25, 0.3) is 0 Å². The summed E-state index contributed by atoms with van der Waals surface area (Å²) in [5, 5.41) is 9.80. The van der Waals surface area contributed by atoms with E-state index in [9.17, 15) is 5.11 Å². The van der Waals surface area contributed by atoms with Crippen molar-refractivity contribution in [3.05, 3.63) is 0 Å². The van der Waals surface area contributed by atoms with Crippen molar-refractivity contribution in [1.82, 2.24) is 0 Å². The van der Waals surface area contributed by atoms with Gasteiger partial charge in [-0.3, -0.25) is 0 Å². The molecule has 1 N–H and O–H groups in total. The lowest BCUT2D eigenvalue weighted by Crippen LogP contribution is -2.24. The number of ether oxygens (including phenoxy) is 3. The number of hydrogen-bond donors (Lipinski definition) is 1. The van der Waals surface area contributed by atoms with Crippen LogP contribution < -0.4 is 0 Å². The molecule has 0 aromatic carbocycles. The van der Waals surface area contributed by atoms with Crippen molar-refractivity contribution in [2.24, 2.45) is 5.92 Å². The Labute approximate surface area is 97.9 Å². The second-order valence-corrected chi connectivity index (χ2v) is 4.29. The van der Waals surface area contributed by atoms with Crippen molar-refractivity contribution < 1.29 is 19.3 Å². The van der Waals surface area contributed by atoms with Gasteiger partial charge in [-0.25, -0.2) is 0 Å². The van der Waals surface area contributed by atoms with Crippen molar-refractivity contribution in [2.75, 3.05) is 40.1 Å². The lowest BCUT2D eigenvalue weighted by molar-refractivity contribution is -0.0213. The van der Waals surface area contributed by atoms with E-state index in [1.807, 2.05) is 0 Å². The van der Waals surface area contributed by atoms with Gasteiger partial charge in [0, 0.05) is 7.11 Å². The fourth-order valence-corrected chi connectivity index (χ4v) is 2.04. The summed E-state index contributed by atoms with van der Waals surface area (Å²) in [7, 11) is 1.65. The Kier molecular flexibility index (Phi) is 7.76. The third-order valence-electron chi connectivity index (χ3n) is 3.04. The number of aliphatic hydroxyl groups is 1. The summed E-state index contributed by atoms with van der Waals surface area (Å²) in [6.45, 7) is 2.78. The zero-order chi connectivity index (χ0) is 11.6. The maximum absolute atomic E-state index is 9.80. The quantitative estimate of drug-likeness (QED) is 0.607. The smallest absolute Gasteiger partial charge is 0.0801 e. The van der Waals surface area contributed by atoms with Gasteiger partial charge < -0.3 is 19.3 Å². The Bertz CT molecular complexity index is 157. The minimum atomic E-state index is -0.290. The van der Waals surface area contributed by atoms with E-state index in [-0.39, 0.29) is 6.10 Å². The van der Waals surface area contributed by atoms with Crippen LogP contribution in [0.4, 0.5) is 0 Å². The third-order valence-corrected chi connectivity index (χ3v) is 3.04. The summed E-state index contributed by atoms with van der Waals surface area (Å²) in [6, 6.07) is 0. The SMILES string of the molecule is COCCOCCOCC(O)C1CCCC1. The van der Waals surface area contributed by atoms with E-state index in [1.54, 1.807) is 7.11 Å². The zero-order valence-electron chi connectivity index (χ0n) is 10.2. The largest absolute Gasteiger partial charge is 0.390 e. The molecule has 1 rings (SSSR count). The van der Waals surface area contributed by atoms with E-state index >= 15 is 0 Å². The Morgan fingerprint density at radius 1 is 1.06 bits per heavy atom. The van der Waals surface area contributed by atoms with Gasteiger partial charge >= 0.3 is 0 Å². The summed E-state index contributed by atoms with van der Waals surface area (Å²) < 4.78 is 15.5. The molecule has 4 heteroatoms. The minimum Gasteiger partial charge on any atom is -0.390 e. The second kappa shape index (κ2) is 8.93. The summed E-state index contributed by atoms with van der Waals surface area (Å²) >= 11 is 0. The van der Waals surface area contributed by atoms with Crippen LogP contribution in [-0.2, 0) is 14.2 Å². The van der Waals surface area contributed by atoms with Gasteiger partial charge in [-0.15, -0.1) is 0 Å². The average Bonchev–Trinajstić information content (AvgIpc) is 2.81. The predicted molar refractivity (Wildman–Crippen MR) is 61.5 cm³/mol. The summed E-state index contributed by atoms with van der Waals surface area (Å²) in [5.41, 5.74) is 0. The molecule has 0 bridgehead atoms. The van der Waals surface area contributed by atoms with Gasteiger partial charge in [-0.2, -0.15) is 0 Å². The normalized spacial score (nSPS) is 19.1. The van der Waals surface area contributed by atoms with Crippen LogP contribution >= 0.6 is 0 Å². The number of rotatable bonds is 9. The molecule has 16 heavy (non-hydrogen) atoms. The van der Waals surface area contributed by atoms with Crippen molar-refractivity contribution in [3.63, 3.8) is 0 Å². The Hall–Kier alpha value is -0.160. The first-order valence-electron chi connectivity index (χ1n) is 6.17. The van der Waals surface area contributed by atoms with Crippen LogP contribution in [0.5, 0.6) is 0 Å². The molecule has 0 radical (unpaired) electrons. The molecule has 0 spiro atoms. The van der Waals surface area contributed by atoms with Crippen LogP contribution in [0.1, 0.15) is 25.7 Å². The van der Waals surface area contributed by atoms with Crippen molar-refractivity contribution in [3.8, 4) is 0 Å². The first-order chi connectivity index (χ1) is 7.84. The van der Waals surface area contributed by atoms with Crippen molar-refractivity contribution in [1.29, 1.82) is 0 Å². The monoisotopic (exact) mass is 232 g/mol. The van der Waals surface area contributed by atoms with Gasteiger partial charge in [0.2, 0.25) is 0 Å². The highest BCUT2D eigenvalue weighted by atomic mass is 16.5. The molecular formula is C12H24O4. The van der Waals surface area contributed by atoms with Crippen molar-refractivity contribution >= 4 is 0 Å². The van der Waals surface area contributed by atoms with E-state index in [4.69, 9.17) is 14.2 Å². The van der Waals surface area contributed by atoms with E-state index in [2.05, 4.69) is 0 Å². The average molecular weight is 232 g/mol. The van der Waals surface area contributed by atoms with E-state index in [1.165, 1.54) is 12.8 Å². The summed E-state index contributed by atoms with van der Waals surface area (Å²) in [5.74, 6) is 0.453. The van der Waals surface area contributed by atoms with Crippen LogP contribution in [-0.4, -0.2) is 51.4 Å². The maximum atomic E-state index is 9.80. The molecule has 1 fully saturated rings. The zero-order valence-corrected chi connectivity index (χ0v) is 10.2. The summed E-state index contributed by atoms with van der Waals surface area (Å²) in [4.78, 5) is 0. The highest BCUT2D eigenvalue weighted by Gasteiger charge is 2.22.